The molecule has 0 radical (unpaired) electrons. The zero-order valence-corrected chi connectivity index (χ0v) is 32.4. The first-order valence-corrected chi connectivity index (χ1v) is 20.0. The zero-order valence-electron chi connectivity index (χ0n) is 31.6. The predicted octanol–water partition coefficient (Wildman–Crippen LogP) is 14.5. The molecule has 266 valence electrons. The number of aromatic nitrogens is 1. The van der Waals surface area contributed by atoms with Gasteiger partial charge in [-0.05, 0) is 107 Å². The smallest absolute Gasteiger partial charge is 0.0992 e. The molecule has 0 amide bonds. The molecule has 0 unspecified atom stereocenters. The van der Waals surface area contributed by atoms with Gasteiger partial charge in [0.05, 0.1) is 33.1 Å². The van der Waals surface area contributed by atoms with Crippen LogP contribution in [0.4, 0.5) is 17.1 Å². The first-order chi connectivity index (χ1) is 26.7. The fourth-order valence-corrected chi connectivity index (χ4v) is 10.3. The molecule has 9 aromatic rings. The Morgan fingerprint density at radius 1 is 0.600 bits per heavy atom. The Morgan fingerprint density at radius 3 is 2.13 bits per heavy atom. The van der Waals surface area contributed by atoms with E-state index in [4.69, 9.17) is 0 Å². The lowest BCUT2D eigenvalue weighted by Crippen LogP contribution is -2.33. The van der Waals surface area contributed by atoms with Gasteiger partial charge in [0.2, 0.25) is 0 Å². The van der Waals surface area contributed by atoms with Crippen LogP contribution in [0.25, 0.3) is 58.8 Å². The van der Waals surface area contributed by atoms with Crippen molar-refractivity contribution in [3.63, 3.8) is 0 Å². The van der Waals surface area contributed by atoms with Gasteiger partial charge in [0.1, 0.15) is 0 Å². The Bertz CT molecular complexity index is 3010. The van der Waals surface area contributed by atoms with E-state index in [1.807, 2.05) is 29.5 Å². The van der Waals surface area contributed by atoms with E-state index in [2.05, 4.69) is 177 Å². The fraction of sp³-hybridized carbons (Fsp3) is 0.157. The summed E-state index contributed by atoms with van der Waals surface area (Å²) in [6.45, 7) is 9.59. The molecule has 3 nitrogen and oxygen atoms in total. The van der Waals surface area contributed by atoms with Crippen molar-refractivity contribution >= 4 is 70.4 Å². The van der Waals surface area contributed by atoms with Crippen molar-refractivity contribution in [3.8, 4) is 22.9 Å². The van der Waals surface area contributed by atoms with E-state index >= 15 is 0 Å². The Labute approximate surface area is 326 Å². The number of nitrogens with zero attached hydrogens (tertiary/aromatic N) is 3. The van der Waals surface area contributed by atoms with Crippen molar-refractivity contribution in [1.82, 2.24) is 4.57 Å². The normalized spacial score (nSPS) is 14.7. The van der Waals surface area contributed by atoms with Gasteiger partial charge < -0.3 is 9.47 Å². The van der Waals surface area contributed by atoms with Gasteiger partial charge in [-0.1, -0.05) is 119 Å². The van der Waals surface area contributed by atoms with Crippen LogP contribution in [0, 0.1) is 11.3 Å². The minimum atomic E-state index is 0.0921. The molecule has 1 aliphatic carbocycles. The summed E-state index contributed by atoms with van der Waals surface area (Å²) >= 11 is 1.83. The molecule has 7 aromatic carbocycles. The van der Waals surface area contributed by atoms with Crippen LogP contribution in [0.2, 0.25) is 0 Å². The number of para-hydroxylation sites is 1. The minimum Gasteiger partial charge on any atom is -0.309 e. The van der Waals surface area contributed by atoms with Gasteiger partial charge in [-0.2, -0.15) is 5.26 Å². The zero-order chi connectivity index (χ0) is 37.5. The van der Waals surface area contributed by atoms with Crippen molar-refractivity contribution in [2.75, 3.05) is 4.90 Å². The fourth-order valence-electron chi connectivity index (χ4n) is 9.08. The second kappa shape index (κ2) is 12.4. The maximum atomic E-state index is 10.1. The number of fused-ring (bicyclic) bond motifs is 7. The van der Waals surface area contributed by atoms with Crippen molar-refractivity contribution < 1.29 is 0 Å². The second-order valence-electron chi connectivity index (χ2n) is 16.3. The molecular weight excluding hydrogens is 687 g/mol. The SMILES string of the molecule is CC1(C)CCC(C)(C)c2cc(-n3c4ccccc4c4ccc(N(c5cccc(C#N)c5)c5ccc(-c6ccccc6)c6c5sc5ccccc56)cc43)ccc21. The first kappa shape index (κ1) is 33.4. The number of rotatable bonds is 5. The molecule has 55 heavy (non-hydrogen) atoms. The highest BCUT2D eigenvalue weighted by Gasteiger charge is 2.37. The van der Waals surface area contributed by atoms with Gasteiger partial charge in [0, 0.05) is 43.3 Å². The summed E-state index contributed by atoms with van der Waals surface area (Å²) in [5, 5.41) is 15.0. The quantitative estimate of drug-likeness (QED) is 0.177. The van der Waals surface area contributed by atoms with Crippen molar-refractivity contribution in [2.24, 2.45) is 0 Å². The van der Waals surface area contributed by atoms with Gasteiger partial charge in [0.15, 0.2) is 0 Å². The topological polar surface area (TPSA) is 32.0 Å². The molecule has 0 saturated heterocycles. The third kappa shape index (κ3) is 5.29. The molecule has 2 aromatic heterocycles. The van der Waals surface area contributed by atoms with Crippen molar-refractivity contribution in [3.05, 3.63) is 168 Å². The molecule has 10 rings (SSSR count). The number of benzene rings is 7. The third-order valence-corrected chi connectivity index (χ3v) is 13.3. The Hall–Kier alpha value is -6.15. The maximum absolute atomic E-state index is 10.1. The Morgan fingerprint density at radius 2 is 1.31 bits per heavy atom. The second-order valence-corrected chi connectivity index (χ2v) is 17.4. The largest absolute Gasteiger partial charge is 0.309 e. The molecule has 1 aliphatic rings. The Kier molecular flexibility index (Phi) is 7.56. The molecule has 0 bridgehead atoms. The lowest BCUT2D eigenvalue weighted by atomic mass is 9.63. The summed E-state index contributed by atoms with van der Waals surface area (Å²) in [4.78, 5) is 2.35. The van der Waals surface area contributed by atoms with Gasteiger partial charge in [0.25, 0.3) is 0 Å². The highest BCUT2D eigenvalue weighted by molar-refractivity contribution is 7.26. The summed E-state index contributed by atoms with van der Waals surface area (Å²) < 4.78 is 4.93. The molecule has 0 spiro atoms. The molecule has 0 saturated carbocycles. The van der Waals surface area contributed by atoms with E-state index < -0.39 is 0 Å². The van der Waals surface area contributed by atoms with E-state index in [0.29, 0.717) is 5.56 Å². The van der Waals surface area contributed by atoms with Crippen LogP contribution in [-0.4, -0.2) is 4.57 Å². The molecule has 4 heteroatoms. The molecule has 2 heterocycles. The third-order valence-electron chi connectivity index (χ3n) is 12.1. The van der Waals surface area contributed by atoms with Gasteiger partial charge in [-0.15, -0.1) is 11.3 Å². The summed E-state index contributed by atoms with van der Waals surface area (Å²) in [5.74, 6) is 0. The minimum absolute atomic E-state index is 0.0921. The number of hydrogen-bond donors (Lipinski definition) is 0. The standard InChI is InChI=1S/C51H41N3S/c1-50(2)27-28-51(3,4)43-30-36(22-25-42(43)50)54-44-19-10-8-17-39(44)40-23-21-37(31-46(40)54)53(35-16-12-13-33(29-35)32-52)45-26-24-38(34-14-6-5-7-15-34)48-41-18-9-11-20-47(41)55-49(45)48/h5-26,29-31H,27-28H2,1-4H3. The Balaban J connectivity index is 1.26. The van der Waals surface area contributed by atoms with Gasteiger partial charge in [-0.25, -0.2) is 0 Å². The van der Waals surface area contributed by atoms with Crippen LogP contribution in [0.3, 0.4) is 0 Å². The lowest BCUT2D eigenvalue weighted by Gasteiger charge is -2.42. The van der Waals surface area contributed by atoms with Crippen LogP contribution in [0.5, 0.6) is 0 Å². The number of thiophene rings is 1. The summed E-state index contributed by atoms with van der Waals surface area (Å²) in [7, 11) is 0. The number of nitriles is 1. The molecule has 0 aliphatic heterocycles. The highest BCUT2D eigenvalue weighted by Crippen LogP contribution is 2.50. The summed E-state index contributed by atoms with van der Waals surface area (Å²) in [6, 6.07) is 57.3. The molecule has 0 fully saturated rings. The van der Waals surface area contributed by atoms with Gasteiger partial charge in [-0.3, -0.25) is 0 Å². The van der Waals surface area contributed by atoms with Gasteiger partial charge >= 0.3 is 0 Å². The number of hydrogen-bond acceptors (Lipinski definition) is 3. The monoisotopic (exact) mass is 727 g/mol. The van der Waals surface area contributed by atoms with Crippen molar-refractivity contribution in [1.29, 1.82) is 5.26 Å². The highest BCUT2D eigenvalue weighted by atomic mass is 32.1. The first-order valence-electron chi connectivity index (χ1n) is 19.2. The summed E-state index contributed by atoms with van der Waals surface area (Å²) in [5.41, 5.74) is 12.8. The van der Waals surface area contributed by atoms with E-state index in [-0.39, 0.29) is 10.8 Å². The average Bonchev–Trinajstić information content (AvgIpc) is 3.77. The van der Waals surface area contributed by atoms with Crippen LogP contribution in [0.15, 0.2) is 152 Å². The maximum Gasteiger partial charge on any atom is 0.0992 e. The number of anilines is 3. The van der Waals surface area contributed by atoms with Crippen LogP contribution in [-0.2, 0) is 10.8 Å². The van der Waals surface area contributed by atoms with Crippen LogP contribution >= 0.6 is 11.3 Å². The van der Waals surface area contributed by atoms with E-state index in [1.165, 1.54) is 77.2 Å². The summed E-state index contributed by atoms with van der Waals surface area (Å²) in [6.07, 6.45) is 2.35. The predicted molar refractivity (Wildman–Crippen MR) is 234 cm³/mol. The van der Waals surface area contributed by atoms with E-state index in [1.54, 1.807) is 0 Å². The lowest BCUT2D eigenvalue weighted by molar-refractivity contribution is 0.332. The molecule has 0 N–H and O–H groups in total. The van der Waals surface area contributed by atoms with E-state index in [9.17, 15) is 5.26 Å². The molecule has 0 atom stereocenters. The van der Waals surface area contributed by atoms with Crippen LogP contribution < -0.4 is 4.90 Å². The van der Waals surface area contributed by atoms with Crippen LogP contribution in [0.1, 0.15) is 57.2 Å². The average molecular weight is 728 g/mol. The molecular formula is C51H41N3S. The van der Waals surface area contributed by atoms with Crippen molar-refractivity contribution in [2.45, 2.75) is 51.4 Å². The van der Waals surface area contributed by atoms with E-state index in [0.717, 1.165) is 22.6 Å².